The van der Waals surface area contributed by atoms with Crippen molar-refractivity contribution in [3.63, 3.8) is 0 Å². The minimum atomic E-state index is -0.466. The van der Waals surface area contributed by atoms with E-state index in [1.54, 1.807) is 0 Å². The maximum absolute atomic E-state index is 10.5. The highest BCUT2D eigenvalue weighted by molar-refractivity contribution is 9.10. The van der Waals surface area contributed by atoms with E-state index in [0.29, 0.717) is 6.54 Å². The van der Waals surface area contributed by atoms with Gasteiger partial charge in [0.25, 0.3) is 0 Å². The van der Waals surface area contributed by atoms with Crippen molar-refractivity contribution in [3.8, 4) is 0 Å². The second-order valence-electron chi connectivity index (χ2n) is 7.02. The molecule has 0 bridgehead atoms. The fourth-order valence-corrected chi connectivity index (χ4v) is 2.78. The third-order valence-corrected chi connectivity index (χ3v) is 3.76. The van der Waals surface area contributed by atoms with E-state index in [1.807, 2.05) is 24.3 Å². The van der Waals surface area contributed by atoms with E-state index in [4.69, 9.17) is 0 Å². The Kier molecular flexibility index (Phi) is 5.21. The van der Waals surface area contributed by atoms with Gasteiger partial charge in [-0.3, -0.25) is 4.90 Å². The Balaban J connectivity index is 2.88. The maximum atomic E-state index is 10.5. The standard InChI is InChI=1S/C16H26BrNO/c1-15(2,3)18(16(4,5)6)11-14(19)12-7-9-13(17)10-8-12/h7-10,14,19H,11H2,1-6H3. The second-order valence-corrected chi connectivity index (χ2v) is 7.94. The topological polar surface area (TPSA) is 23.5 Å². The molecule has 3 heteroatoms. The van der Waals surface area contributed by atoms with Crippen molar-refractivity contribution in [2.24, 2.45) is 0 Å². The third-order valence-electron chi connectivity index (χ3n) is 3.23. The zero-order chi connectivity index (χ0) is 14.8. The predicted octanol–water partition coefficient (Wildman–Crippen LogP) is 4.38. The lowest BCUT2D eigenvalue weighted by Gasteiger charge is -2.46. The molecule has 1 atom stereocenters. The van der Waals surface area contributed by atoms with Crippen LogP contribution in [0.25, 0.3) is 0 Å². The fraction of sp³-hybridized carbons (Fsp3) is 0.625. The van der Waals surface area contributed by atoms with Crippen LogP contribution in [0.5, 0.6) is 0 Å². The van der Waals surface area contributed by atoms with Gasteiger partial charge in [-0.25, -0.2) is 0 Å². The summed E-state index contributed by atoms with van der Waals surface area (Å²) < 4.78 is 1.03. The van der Waals surface area contributed by atoms with Gasteiger partial charge in [0.2, 0.25) is 0 Å². The lowest BCUT2D eigenvalue weighted by atomic mass is 9.94. The molecule has 108 valence electrons. The highest BCUT2D eigenvalue weighted by Crippen LogP contribution is 2.28. The summed E-state index contributed by atoms with van der Waals surface area (Å²) in [5, 5.41) is 10.5. The van der Waals surface area contributed by atoms with Crippen LogP contribution in [0.4, 0.5) is 0 Å². The highest BCUT2D eigenvalue weighted by Gasteiger charge is 2.33. The predicted molar refractivity (Wildman–Crippen MR) is 85.3 cm³/mol. The molecule has 1 aromatic rings. The Morgan fingerprint density at radius 2 is 1.42 bits per heavy atom. The lowest BCUT2D eigenvalue weighted by molar-refractivity contribution is -0.00584. The average molecular weight is 328 g/mol. The summed E-state index contributed by atoms with van der Waals surface area (Å²) in [6, 6.07) is 7.88. The summed E-state index contributed by atoms with van der Waals surface area (Å²) in [4.78, 5) is 2.34. The molecule has 0 radical (unpaired) electrons. The van der Waals surface area contributed by atoms with Gasteiger partial charge < -0.3 is 5.11 Å². The number of β-amino-alcohol motifs (C(OH)–C–C–N with tert-alkyl or cyclic N) is 1. The number of aliphatic hydroxyl groups is 1. The normalized spacial score (nSPS) is 14.8. The van der Waals surface area contributed by atoms with Gasteiger partial charge in [0.05, 0.1) is 6.10 Å². The van der Waals surface area contributed by atoms with Crippen LogP contribution < -0.4 is 0 Å². The van der Waals surface area contributed by atoms with Crippen molar-refractivity contribution in [3.05, 3.63) is 34.3 Å². The summed E-state index contributed by atoms with van der Waals surface area (Å²) in [5.74, 6) is 0. The molecule has 0 heterocycles. The molecule has 0 amide bonds. The van der Waals surface area contributed by atoms with Gasteiger partial charge in [-0.1, -0.05) is 28.1 Å². The SMILES string of the molecule is CC(C)(C)N(CC(O)c1ccc(Br)cc1)C(C)(C)C. The summed E-state index contributed by atoms with van der Waals surface area (Å²) in [7, 11) is 0. The molecule has 1 N–H and O–H groups in total. The molecule has 1 aromatic carbocycles. The van der Waals surface area contributed by atoms with Crippen LogP contribution >= 0.6 is 15.9 Å². The number of benzene rings is 1. The van der Waals surface area contributed by atoms with E-state index in [0.717, 1.165) is 10.0 Å². The Morgan fingerprint density at radius 3 is 1.79 bits per heavy atom. The van der Waals surface area contributed by atoms with Crippen molar-refractivity contribution >= 4 is 15.9 Å². The molecule has 0 aliphatic carbocycles. The van der Waals surface area contributed by atoms with Crippen molar-refractivity contribution in [2.45, 2.75) is 58.7 Å². The zero-order valence-electron chi connectivity index (χ0n) is 12.9. The van der Waals surface area contributed by atoms with Crippen molar-refractivity contribution in [1.29, 1.82) is 0 Å². The van der Waals surface area contributed by atoms with Gasteiger partial charge in [-0.05, 0) is 59.2 Å². The first kappa shape index (κ1) is 16.7. The number of nitrogens with zero attached hydrogens (tertiary/aromatic N) is 1. The van der Waals surface area contributed by atoms with E-state index in [-0.39, 0.29) is 11.1 Å². The van der Waals surface area contributed by atoms with Gasteiger partial charge in [0, 0.05) is 22.1 Å². The first-order chi connectivity index (χ1) is 8.51. The van der Waals surface area contributed by atoms with Crippen molar-refractivity contribution in [2.75, 3.05) is 6.54 Å². The minimum absolute atomic E-state index is 0.0224. The van der Waals surface area contributed by atoms with Gasteiger partial charge in [-0.2, -0.15) is 0 Å². The van der Waals surface area contributed by atoms with Crippen LogP contribution in [-0.4, -0.2) is 27.6 Å². The first-order valence-corrected chi connectivity index (χ1v) is 7.52. The quantitative estimate of drug-likeness (QED) is 0.890. The lowest BCUT2D eigenvalue weighted by Crippen LogP contribution is -2.54. The molecule has 2 nitrogen and oxygen atoms in total. The zero-order valence-corrected chi connectivity index (χ0v) is 14.5. The highest BCUT2D eigenvalue weighted by atomic mass is 79.9. The molecule has 1 rings (SSSR count). The van der Waals surface area contributed by atoms with Crippen LogP contribution in [0.1, 0.15) is 53.2 Å². The first-order valence-electron chi connectivity index (χ1n) is 6.73. The van der Waals surface area contributed by atoms with Crippen LogP contribution in [0, 0.1) is 0 Å². The number of hydrogen-bond donors (Lipinski definition) is 1. The van der Waals surface area contributed by atoms with Crippen molar-refractivity contribution in [1.82, 2.24) is 4.90 Å². The molecule has 0 aliphatic rings. The summed E-state index contributed by atoms with van der Waals surface area (Å²) in [5.41, 5.74) is 1.00. The molecule has 1 unspecified atom stereocenters. The molecule has 0 saturated heterocycles. The van der Waals surface area contributed by atoms with Crippen LogP contribution in [0.15, 0.2) is 28.7 Å². The van der Waals surface area contributed by atoms with Gasteiger partial charge in [-0.15, -0.1) is 0 Å². The van der Waals surface area contributed by atoms with E-state index in [2.05, 4.69) is 62.4 Å². The van der Waals surface area contributed by atoms with E-state index in [1.165, 1.54) is 0 Å². The Morgan fingerprint density at radius 1 is 1.00 bits per heavy atom. The smallest absolute Gasteiger partial charge is 0.0917 e. The molecule has 19 heavy (non-hydrogen) atoms. The largest absolute Gasteiger partial charge is 0.387 e. The summed E-state index contributed by atoms with van der Waals surface area (Å²) >= 11 is 3.42. The number of aliphatic hydroxyl groups excluding tert-OH is 1. The molecular weight excluding hydrogens is 302 g/mol. The van der Waals surface area contributed by atoms with Gasteiger partial charge in [0.15, 0.2) is 0 Å². The number of rotatable bonds is 3. The molecular formula is C16H26BrNO. The molecule has 0 saturated carbocycles. The third kappa shape index (κ3) is 4.90. The van der Waals surface area contributed by atoms with Gasteiger partial charge >= 0.3 is 0 Å². The molecule has 0 aliphatic heterocycles. The van der Waals surface area contributed by atoms with E-state index >= 15 is 0 Å². The Hall–Kier alpha value is -0.380. The van der Waals surface area contributed by atoms with Crippen LogP contribution in [0.2, 0.25) is 0 Å². The second kappa shape index (κ2) is 5.94. The Labute approximate surface area is 126 Å². The van der Waals surface area contributed by atoms with Crippen LogP contribution in [-0.2, 0) is 0 Å². The average Bonchev–Trinajstić information content (AvgIpc) is 2.23. The monoisotopic (exact) mass is 327 g/mol. The fourth-order valence-electron chi connectivity index (χ4n) is 2.52. The summed E-state index contributed by atoms with van der Waals surface area (Å²) in [6.45, 7) is 13.8. The molecule has 0 spiro atoms. The Bertz CT molecular complexity index is 386. The minimum Gasteiger partial charge on any atom is -0.387 e. The summed E-state index contributed by atoms with van der Waals surface area (Å²) in [6.07, 6.45) is -0.466. The molecule has 0 aromatic heterocycles. The van der Waals surface area contributed by atoms with Crippen LogP contribution in [0.3, 0.4) is 0 Å². The van der Waals surface area contributed by atoms with Gasteiger partial charge in [0.1, 0.15) is 0 Å². The molecule has 0 fully saturated rings. The van der Waals surface area contributed by atoms with E-state index < -0.39 is 6.10 Å². The van der Waals surface area contributed by atoms with Crippen molar-refractivity contribution < 1.29 is 5.11 Å². The number of halogens is 1. The maximum Gasteiger partial charge on any atom is 0.0917 e. The van der Waals surface area contributed by atoms with E-state index in [9.17, 15) is 5.11 Å². The number of hydrogen-bond acceptors (Lipinski definition) is 2.